The van der Waals surface area contributed by atoms with Gasteiger partial charge in [0.25, 0.3) is 11.8 Å². The maximum Gasteiger partial charge on any atom is 0.281 e. The first kappa shape index (κ1) is 21.0. The topological polar surface area (TPSA) is 58.3 Å². The van der Waals surface area contributed by atoms with Crippen molar-refractivity contribution in [1.29, 1.82) is 0 Å². The number of benzene rings is 2. The lowest BCUT2D eigenvalue weighted by Crippen LogP contribution is -3.28. The number of aryl methyl sites for hydroxylation is 1. The van der Waals surface area contributed by atoms with Crippen molar-refractivity contribution in [1.82, 2.24) is 0 Å². The summed E-state index contributed by atoms with van der Waals surface area (Å²) in [5, 5.41) is 3.06. The van der Waals surface area contributed by atoms with E-state index in [4.69, 9.17) is 0 Å². The third-order valence-electron chi connectivity index (χ3n) is 5.67. The molecule has 3 rings (SSSR count). The van der Waals surface area contributed by atoms with Gasteiger partial charge in [0.15, 0.2) is 13.1 Å². The fourth-order valence-corrected chi connectivity index (χ4v) is 3.81. The van der Waals surface area contributed by atoms with E-state index in [9.17, 15) is 9.59 Å². The first-order valence-corrected chi connectivity index (χ1v) is 10.4. The number of amides is 2. The molecule has 0 atom stereocenters. The summed E-state index contributed by atoms with van der Waals surface area (Å²) in [6.45, 7) is 6.68. The van der Waals surface area contributed by atoms with Crippen LogP contribution in [0.15, 0.2) is 54.6 Å². The highest BCUT2D eigenvalue weighted by atomic mass is 16.2. The summed E-state index contributed by atoms with van der Waals surface area (Å²) in [6, 6.07) is 17.7. The van der Waals surface area contributed by atoms with Crippen LogP contribution in [0.1, 0.15) is 12.5 Å². The fraction of sp³-hybridized carbons (Fsp3) is 0.391. The van der Waals surface area contributed by atoms with Crippen molar-refractivity contribution in [3.8, 4) is 0 Å². The minimum absolute atomic E-state index is 0.0595. The molecule has 2 aromatic carbocycles. The Hall–Kier alpha value is -2.70. The third kappa shape index (κ3) is 5.89. The molecule has 0 spiro atoms. The number of hydrogen-bond acceptors (Lipinski definition) is 2. The highest BCUT2D eigenvalue weighted by Crippen LogP contribution is 2.14. The van der Waals surface area contributed by atoms with Gasteiger partial charge in [-0.3, -0.25) is 9.59 Å². The second-order valence-electron chi connectivity index (χ2n) is 7.70. The average molecular weight is 397 g/mol. The van der Waals surface area contributed by atoms with Crippen LogP contribution in [0.3, 0.4) is 0 Å². The zero-order valence-corrected chi connectivity index (χ0v) is 17.4. The molecular formula is C23H32N4O2+2. The summed E-state index contributed by atoms with van der Waals surface area (Å²) >= 11 is 0. The smallest absolute Gasteiger partial charge is 0.281 e. The van der Waals surface area contributed by atoms with E-state index < -0.39 is 0 Å². The SMILES string of the molecule is CCc1ccccc1NC(=O)C[NH+]1CC[NH+](CC(=O)N(C)c2ccccc2)CC1. The molecule has 1 heterocycles. The quantitative estimate of drug-likeness (QED) is 0.598. The van der Waals surface area contributed by atoms with Gasteiger partial charge in [0.2, 0.25) is 0 Å². The van der Waals surface area contributed by atoms with Crippen LogP contribution in [0, 0.1) is 0 Å². The Bertz CT molecular complexity index is 817. The predicted octanol–water partition coefficient (Wildman–Crippen LogP) is -0.366. The minimum Gasteiger partial charge on any atom is -0.321 e. The molecule has 154 valence electrons. The van der Waals surface area contributed by atoms with Gasteiger partial charge in [-0.05, 0) is 30.2 Å². The number of hydrogen-bond donors (Lipinski definition) is 3. The molecule has 1 saturated heterocycles. The lowest BCUT2D eigenvalue weighted by molar-refractivity contribution is -1.00. The van der Waals surface area contributed by atoms with Crippen LogP contribution in [-0.4, -0.2) is 58.1 Å². The molecule has 0 radical (unpaired) electrons. The zero-order chi connectivity index (χ0) is 20.6. The molecule has 0 aliphatic carbocycles. The lowest BCUT2D eigenvalue weighted by atomic mass is 10.1. The first-order chi connectivity index (χ1) is 14.1. The number of nitrogens with one attached hydrogen (secondary N) is 3. The first-order valence-electron chi connectivity index (χ1n) is 10.4. The molecule has 0 bridgehead atoms. The summed E-state index contributed by atoms with van der Waals surface area (Å²) < 4.78 is 0. The van der Waals surface area contributed by atoms with Crippen LogP contribution in [-0.2, 0) is 16.0 Å². The predicted molar refractivity (Wildman–Crippen MR) is 115 cm³/mol. The van der Waals surface area contributed by atoms with Gasteiger partial charge < -0.3 is 20.0 Å². The highest BCUT2D eigenvalue weighted by Gasteiger charge is 2.27. The second-order valence-corrected chi connectivity index (χ2v) is 7.70. The van der Waals surface area contributed by atoms with Crippen molar-refractivity contribution in [3.63, 3.8) is 0 Å². The zero-order valence-electron chi connectivity index (χ0n) is 17.4. The summed E-state index contributed by atoms with van der Waals surface area (Å²) in [5.74, 6) is 0.188. The van der Waals surface area contributed by atoms with Crippen molar-refractivity contribution in [2.24, 2.45) is 0 Å². The van der Waals surface area contributed by atoms with E-state index in [1.807, 2.05) is 61.6 Å². The largest absolute Gasteiger partial charge is 0.321 e. The van der Waals surface area contributed by atoms with E-state index in [0.29, 0.717) is 13.1 Å². The van der Waals surface area contributed by atoms with Gasteiger partial charge in [-0.2, -0.15) is 0 Å². The summed E-state index contributed by atoms with van der Waals surface area (Å²) in [4.78, 5) is 29.3. The molecular weight excluding hydrogens is 364 g/mol. The molecule has 1 aliphatic rings. The van der Waals surface area contributed by atoms with Gasteiger partial charge in [0.05, 0.1) is 0 Å². The number of quaternary nitrogens is 2. The Labute approximate surface area is 173 Å². The van der Waals surface area contributed by atoms with Gasteiger partial charge in [0.1, 0.15) is 26.2 Å². The Morgan fingerprint density at radius 2 is 1.48 bits per heavy atom. The summed E-state index contributed by atoms with van der Waals surface area (Å²) in [7, 11) is 1.83. The van der Waals surface area contributed by atoms with Crippen molar-refractivity contribution < 1.29 is 19.4 Å². The average Bonchev–Trinajstić information content (AvgIpc) is 2.75. The van der Waals surface area contributed by atoms with Crippen LogP contribution in [0.2, 0.25) is 0 Å². The van der Waals surface area contributed by atoms with Crippen molar-refractivity contribution >= 4 is 23.2 Å². The Morgan fingerprint density at radius 1 is 0.897 bits per heavy atom. The number of piperazine rings is 1. The van der Waals surface area contributed by atoms with Crippen LogP contribution < -0.4 is 20.0 Å². The molecule has 1 fully saturated rings. The lowest BCUT2D eigenvalue weighted by Gasteiger charge is -2.30. The van der Waals surface area contributed by atoms with Crippen LogP contribution in [0.5, 0.6) is 0 Å². The molecule has 0 unspecified atom stereocenters. The van der Waals surface area contributed by atoms with Gasteiger partial charge >= 0.3 is 0 Å². The summed E-state index contributed by atoms with van der Waals surface area (Å²) in [6.07, 6.45) is 0.900. The molecule has 1 aliphatic heterocycles. The van der Waals surface area contributed by atoms with Crippen LogP contribution in [0.4, 0.5) is 11.4 Å². The molecule has 2 aromatic rings. The number of carbonyl (C=O) groups is 2. The van der Waals surface area contributed by atoms with Crippen molar-refractivity contribution in [2.75, 3.05) is 56.5 Å². The molecule has 6 nitrogen and oxygen atoms in total. The van der Waals surface area contributed by atoms with Gasteiger partial charge in [-0.25, -0.2) is 0 Å². The minimum atomic E-state index is 0.0595. The van der Waals surface area contributed by atoms with E-state index in [1.165, 1.54) is 9.80 Å². The standard InChI is InChI=1S/C23H30N4O2/c1-3-19-9-7-8-12-21(19)24-22(28)17-26-13-15-27(16-14-26)18-23(29)25(2)20-10-5-4-6-11-20/h4-12H,3,13-18H2,1-2H3,(H,24,28)/p+2. The molecule has 3 N–H and O–H groups in total. The van der Waals surface area contributed by atoms with Gasteiger partial charge in [0, 0.05) is 18.4 Å². The van der Waals surface area contributed by atoms with E-state index in [2.05, 4.69) is 12.2 Å². The Morgan fingerprint density at radius 3 is 2.14 bits per heavy atom. The number of rotatable bonds is 7. The number of likely N-dealkylation sites (N-methyl/N-ethyl adjacent to an activating group) is 1. The molecule has 6 heteroatoms. The molecule has 29 heavy (non-hydrogen) atoms. The molecule has 2 amide bonds. The maximum absolute atomic E-state index is 12.6. The van der Waals surface area contributed by atoms with Crippen LogP contribution >= 0.6 is 0 Å². The number of anilines is 2. The summed E-state index contributed by atoms with van der Waals surface area (Å²) in [5.41, 5.74) is 2.99. The fourth-order valence-electron chi connectivity index (χ4n) is 3.81. The number of carbonyl (C=O) groups excluding carboxylic acids is 2. The number of nitrogens with zero attached hydrogens (tertiary/aromatic N) is 1. The van der Waals surface area contributed by atoms with Crippen molar-refractivity contribution in [2.45, 2.75) is 13.3 Å². The van der Waals surface area contributed by atoms with E-state index in [0.717, 1.165) is 49.5 Å². The molecule has 0 aromatic heterocycles. The molecule has 0 saturated carbocycles. The van der Waals surface area contributed by atoms with Gasteiger partial charge in [-0.1, -0.05) is 43.3 Å². The highest BCUT2D eigenvalue weighted by molar-refractivity contribution is 5.93. The normalized spacial score (nSPS) is 18.8. The van der Waals surface area contributed by atoms with Gasteiger partial charge in [-0.15, -0.1) is 0 Å². The second kappa shape index (κ2) is 10.2. The Kier molecular flexibility index (Phi) is 7.38. The maximum atomic E-state index is 12.6. The Balaban J connectivity index is 1.43. The van der Waals surface area contributed by atoms with E-state index >= 15 is 0 Å². The van der Waals surface area contributed by atoms with E-state index in [-0.39, 0.29) is 11.8 Å². The monoisotopic (exact) mass is 396 g/mol. The number of para-hydroxylation sites is 2. The van der Waals surface area contributed by atoms with E-state index in [1.54, 1.807) is 4.90 Å². The van der Waals surface area contributed by atoms with Crippen molar-refractivity contribution in [3.05, 3.63) is 60.2 Å². The van der Waals surface area contributed by atoms with Crippen LogP contribution in [0.25, 0.3) is 0 Å². The third-order valence-corrected chi connectivity index (χ3v) is 5.67.